The maximum Gasteiger partial charge on any atom is 0.223 e. The van der Waals surface area contributed by atoms with Crippen LogP contribution >= 0.6 is 0 Å². The van der Waals surface area contributed by atoms with E-state index in [2.05, 4.69) is 29.3 Å². The molecule has 15 heavy (non-hydrogen) atoms. The highest BCUT2D eigenvalue weighted by molar-refractivity contribution is 4.92. The first kappa shape index (κ1) is 10.6. The molecule has 1 aromatic rings. The van der Waals surface area contributed by atoms with Crippen LogP contribution in [0.15, 0.2) is 4.52 Å². The van der Waals surface area contributed by atoms with Crippen molar-refractivity contribution in [1.82, 2.24) is 15.5 Å². The average Bonchev–Trinajstić information content (AvgIpc) is 2.69. The quantitative estimate of drug-likeness (QED) is 0.827. The Morgan fingerprint density at radius 1 is 1.53 bits per heavy atom. The molecule has 0 radical (unpaired) electrons. The summed E-state index contributed by atoms with van der Waals surface area (Å²) < 4.78 is 4.93. The van der Waals surface area contributed by atoms with Crippen molar-refractivity contribution < 1.29 is 4.52 Å². The molecule has 4 nitrogen and oxygen atoms in total. The van der Waals surface area contributed by atoms with Crippen molar-refractivity contribution in [2.45, 2.75) is 52.6 Å². The molecule has 0 aromatic carbocycles. The Bertz CT molecular complexity index is 332. The van der Waals surface area contributed by atoms with Gasteiger partial charge in [0.05, 0.1) is 6.54 Å². The molecule has 0 amide bonds. The molecule has 1 atom stereocenters. The summed E-state index contributed by atoms with van der Waals surface area (Å²) in [6.45, 7) is 7.17. The smallest absolute Gasteiger partial charge is 0.223 e. The van der Waals surface area contributed by atoms with Gasteiger partial charge in [0, 0.05) is 13.0 Å². The molecule has 1 aromatic heterocycles. The van der Waals surface area contributed by atoms with Gasteiger partial charge in [0.2, 0.25) is 5.89 Å². The van der Waals surface area contributed by atoms with E-state index in [1.165, 1.54) is 19.3 Å². The molecule has 1 unspecified atom stereocenters. The maximum atomic E-state index is 4.93. The highest BCUT2D eigenvalue weighted by Gasteiger charge is 2.33. The number of hydrogen-bond acceptors (Lipinski definition) is 4. The molecule has 4 heteroatoms. The zero-order chi connectivity index (χ0) is 10.9. The van der Waals surface area contributed by atoms with Crippen LogP contribution in [0.25, 0.3) is 0 Å². The average molecular weight is 209 g/mol. The summed E-state index contributed by atoms with van der Waals surface area (Å²) in [5.74, 6) is 1.40. The van der Waals surface area contributed by atoms with Crippen molar-refractivity contribution >= 4 is 0 Å². The summed E-state index contributed by atoms with van der Waals surface area (Å²) in [4.78, 5) is 4.18. The van der Waals surface area contributed by atoms with E-state index in [-0.39, 0.29) is 0 Å². The summed E-state index contributed by atoms with van der Waals surface area (Å²) in [5.41, 5.74) is 0.402. The van der Waals surface area contributed by atoms with Crippen molar-refractivity contribution in [3.8, 4) is 0 Å². The minimum atomic E-state index is 0.402. The molecule has 84 valence electrons. The second kappa shape index (κ2) is 3.93. The van der Waals surface area contributed by atoms with Crippen LogP contribution in [0.4, 0.5) is 0 Å². The first-order valence-corrected chi connectivity index (χ1v) is 5.60. The largest absolute Gasteiger partial charge is 0.340 e. The van der Waals surface area contributed by atoms with Crippen LogP contribution in [0.5, 0.6) is 0 Å². The number of aromatic nitrogens is 2. The first-order valence-electron chi connectivity index (χ1n) is 5.60. The molecule has 1 heterocycles. The van der Waals surface area contributed by atoms with Gasteiger partial charge in [-0.25, -0.2) is 0 Å². The Morgan fingerprint density at radius 2 is 2.33 bits per heavy atom. The predicted octanol–water partition coefficient (Wildman–Crippen LogP) is 2.05. The molecule has 0 bridgehead atoms. The number of aryl methyl sites for hydroxylation is 1. The lowest BCUT2D eigenvalue weighted by Crippen LogP contribution is -2.37. The van der Waals surface area contributed by atoms with E-state index in [0.717, 1.165) is 5.82 Å². The summed E-state index contributed by atoms with van der Waals surface area (Å²) in [6, 6.07) is 0.580. The Morgan fingerprint density at radius 3 is 2.87 bits per heavy atom. The monoisotopic (exact) mass is 209 g/mol. The fraction of sp³-hybridized carbons (Fsp3) is 0.818. The van der Waals surface area contributed by atoms with Crippen molar-refractivity contribution in [1.29, 1.82) is 0 Å². The zero-order valence-corrected chi connectivity index (χ0v) is 9.71. The third-order valence-electron chi connectivity index (χ3n) is 3.33. The third-order valence-corrected chi connectivity index (χ3v) is 3.33. The fourth-order valence-corrected chi connectivity index (χ4v) is 2.33. The molecule has 1 saturated carbocycles. The lowest BCUT2D eigenvalue weighted by molar-refractivity contribution is 0.279. The third kappa shape index (κ3) is 2.37. The first-order chi connectivity index (χ1) is 7.08. The van der Waals surface area contributed by atoms with Gasteiger partial charge in [-0.05, 0) is 18.3 Å². The van der Waals surface area contributed by atoms with Crippen LogP contribution < -0.4 is 5.32 Å². The van der Waals surface area contributed by atoms with Gasteiger partial charge in [-0.15, -0.1) is 0 Å². The lowest BCUT2D eigenvalue weighted by atomic mass is 9.87. The van der Waals surface area contributed by atoms with Crippen molar-refractivity contribution in [2.24, 2.45) is 5.41 Å². The van der Waals surface area contributed by atoms with Gasteiger partial charge < -0.3 is 9.84 Å². The summed E-state index contributed by atoms with van der Waals surface area (Å²) in [7, 11) is 0. The van der Waals surface area contributed by atoms with Crippen LogP contribution in [0, 0.1) is 12.3 Å². The van der Waals surface area contributed by atoms with Crippen molar-refractivity contribution in [3.05, 3.63) is 11.7 Å². The number of nitrogens with zero attached hydrogens (tertiary/aromatic N) is 2. The number of rotatable bonds is 3. The van der Waals surface area contributed by atoms with Gasteiger partial charge in [0.25, 0.3) is 0 Å². The molecule has 1 aliphatic carbocycles. The van der Waals surface area contributed by atoms with Gasteiger partial charge in [-0.2, -0.15) is 4.98 Å². The Labute approximate surface area is 90.4 Å². The fourth-order valence-electron chi connectivity index (χ4n) is 2.33. The summed E-state index contributed by atoms with van der Waals surface area (Å²) >= 11 is 0. The van der Waals surface area contributed by atoms with Crippen molar-refractivity contribution in [2.75, 3.05) is 0 Å². The second-order valence-corrected chi connectivity index (χ2v) is 5.04. The minimum Gasteiger partial charge on any atom is -0.340 e. The van der Waals surface area contributed by atoms with E-state index >= 15 is 0 Å². The van der Waals surface area contributed by atoms with Crippen LogP contribution in [0.2, 0.25) is 0 Å². The zero-order valence-electron chi connectivity index (χ0n) is 9.71. The molecule has 0 saturated heterocycles. The predicted molar refractivity (Wildman–Crippen MR) is 57.3 cm³/mol. The van der Waals surface area contributed by atoms with Crippen LogP contribution in [0.1, 0.15) is 44.8 Å². The maximum absolute atomic E-state index is 4.93. The molecule has 0 aliphatic heterocycles. The van der Waals surface area contributed by atoms with Crippen LogP contribution in [-0.4, -0.2) is 16.2 Å². The minimum absolute atomic E-state index is 0.402. The van der Waals surface area contributed by atoms with Gasteiger partial charge in [-0.1, -0.05) is 25.4 Å². The molecule has 1 N–H and O–H groups in total. The molecule has 1 fully saturated rings. The van der Waals surface area contributed by atoms with Crippen LogP contribution in [0.3, 0.4) is 0 Å². The normalized spacial score (nSPS) is 24.6. The second-order valence-electron chi connectivity index (χ2n) is 5.04. The van der Waals surface area contributed by atoms with E-state index in [4.69, 9.17) is 4.52 Å². The topological polar surface area (TPSA) is 51.0 Å². The molecule has 1 aliphatic rings. The number of hydrogen-bond donors (Lipinski definition) is 1. The van der Waals surface area contributed by atoms with Gasteiger partial charge in [0.15, 0.2) is 5.82 Å². The molecular formula is C11H19N3O. The van der Waals surface area contributed by atoms with Gasteiger partial charge >= 0.3 is 0 Å². The summed E-state index contributed by atoms with van der Waals surface area (Å²) in [5, 5.41) is 7.39. The highest BCUT2D eigenvalue weighted by atomic mass is 16.5. The Hall–Kier alpha value is -0.900. The highest BCUT2D eigenvalue weighted by Crippen LogP contribution is 2.37. The Balaban J connectivity index is 1.88. The van der Waals surface area contributed by atoms with E-state index in [9.17, 15) is 0 Å². The number of nitrogens with one attached hydrogen (secondary N) is 1. The van der Waals surface area contributed by atoms with E-state index in [1.54, 1.807) is 0 Å². The van der Waals surface area contributed by atoms with Gasteiger partial charge in [-0.3, -0.25) is 0 Å². The van der Waals surface area contributed by atoms with E-state index in [0.29, 0.717) is 23.9 Å². The van der Waals surface area contributed by atoms with Crippen molar-refractivity contribution in [3.63, 3.8) is 0 Å². The summed E-state index contributed by atoms with van der Waals surface area (Å²) in [6.07, 6.45) is 3.87. The SMILES string of the molecule is Cc1nc(CNC2CCCC2(C)C)no1. The molecule has 2 rings (SSSR count). The van der Waals surface area contributed by atoms with Gasteiger partial charge in [0.1, 0.15) is 0 Å². The molecular weight excluding hydrogens is 190 g/mol. The van der Waals surface area contributed by atoms with E-state index < -0.39 is 0 Å². The molecule has 0 spiro atoms. The standard InChI is InChI=1S/C11H19N3O/c1-8-13-10(14-15-8)7-12-9-5-4-6-11(9,2)3/h9,12H,4-7H2,1-3H3. The lowest BCUT2D eigenvalue weighted by Gasteiger charge is -2.27. The van der Waals surface area contributed by atoms with Crippen LogP contribution in [-0.2, 0) is 6.54 Å². The Kier molecular flexibility index (Phi) is 2.78. The van der Waals surface area contributed by atoms with E-state index in [1.807, 2.05) is 6.92 Å².